The first-order valence-electron chi connectivity index (χ1n) is 11.0. The number of ketones is 1. The maximum atomic E-state index is 12.0. The van der Waals surface area contributed by atoms with Crippen LogP contribution >= 0.6 is 0 Å². The monoisotopic (exact) mass is 406 g/mol. The zero-order valence-corrected chi connectivity index (χ0v) is 17.7. The van der Waals surface area contributed by atoms with E-state index >= 15 is 0 Å². The SMILES string of the molecule is CC(=O)OC[C@@H](O)[C@]1(O)CC[C@H]2[C@@H]3CCC4=CC(=O)CC[C@]4(C)[C@H]3[C@@H](O)C[C@@]21C. The lowest BCUT2D eigenvalue weighted by molar-refractivity contribution is -0.210. The van der Waals surface area contributed by atoms with E-state index in [1.807, 2.05) is 13.0 Å². The van der Waals surface area contributed by atoms with E-state index in [2.05, 4.69) is 6.92 Å². The van der Waals surface area contributed by atoms with Gasteiger partial charge in [0.2, 0.25) is 0 Å². The quantitative estimate of drug-likeness (QED) is 0.621. The zero-order chi connectivity index (χ0) is 21.2. The van der Waals surface area contributed by atoms with E-state index in [-0.39, 0.29) is 35.6 Å². The van der Waals surface area contributed by atoms with Crippen molar-refractivity contribution in [2.75, 3.05) is 6.61 Å². The number of ether oxygens (including phenoxy) is 1. The van der Waals surface area contributed by atoms with Crippen LogP contribution in [0.4, 0.5) is 0 Å². The van der Waals surface area contributed by atoms with Gasteiger partial charge in [-0.25, -0.2) is 0 Å². The molecule has 0 spiro atoms. The Morgan fingerprint density at radius 1 is 1.28 bits per heavy atom. The van der Waals surface area contributed by atoms with Gasteiger partial charge in [-0.15, -0.1) is 0 Å². The zero-order valence-electron chi connectivity index (χ0n) is 17.7. The minimum Gasteiger partial charge on any atom is -0.463 e. The second-order valence-electron chi connectivity index (χ2n) is 10.4. The molecular weight excluding hydrogens is 372 g/mol. The molecule has 4 aliphatic carbocycles. The highest BCUT2D eigenvalue weighted by atomic mass is 16.5. The molecule has 6 heteroatoms. The van der Waals surface area contributed by atoms with E-state index in [0.29, 0.717) is 19.3 Å². The van der Waals surface area contributed by atoms with E-state index < -0.39 is 29.2 Å². The highest BCUT2D eigenvalue weighted by molar-refractivity contribution is 5.91. The fourth-order valence-corrected chi connectivity index (χ4v) is 7.61. The summed E-state index contributed by atoms with van der Waals surface area (Å²) >= 11 is 0. The molecule has 0 unspecified atom stereocenters. The van der Waals surface area contributed by atoms with Crippen LogP contribution in [-0.2, 0) is 14.3 Å². The molecule has 0 aromatic heterocycles. The van der Waals surface area contributed by atoms with Crippen LogP contribution in [0.3, 0.4) is 0 Å². The van der Waals surface area contributed by atoms with Crippen molar-refractivity contribution in [3.8, 4) is 0 Å². The van der Waals surface area contributed by atoms with Crippen LogP contribution in [0.25, 0.3) is 0 Å². The van der Waals surface area contributed by atoms with Gasteiger partial charge in [-0.1, -0.05) is 19.4 Å². The van der Waals surface area contributed by atoms with Crippen molar-refractivity contribution < 1.29 is 29.6 Å². The molecule has 3 saturated carbocycles. The van der Waals surface area contributed by atoms with Crippen molar-refractivity contribution in [2.24, 2.45) is 28.6 Å². The van der Waals surface area contributed by atoms with Crippen LogP contribution in [0.1, 0.15) is 65.7 Å². The standard InChI is InChI=1S/C23H34O6/c1-13(24)29-12-19(27)23(28)9-7-17-16-5-4-14-10-15(25)6-8-21(14,2)20(16)18(26)11-22(17,23)3/h10,16-20,26-28H,4-9,11-12H2,1-3H3/t16-,17-,18-,19+,20+,21-,22-,23+/m0/s1. The summed E-state index contributed by atoms with van der Waals surface area (Å²) in [5.41, 5.74) is -1.02. The Kier molecular flexibility index (Phi) is 4.99. The Balaban J connectivity index is 1.65. The topological polar surface area (TPSA) is 104 Å². The molecule has 0 aromatic rings. The summed E-state index contributed by atoms with van der Waals surface area (Å²) in [5, 5.41) is 33.6. The largest absolute Gasteiger partial charge is 0.463 e. The van der Waals surface area contributed by atoms with Crippen LogP contribution in [0.5, 0.6) is 0 Å². The summed E-state index contributed by atoms with van der Waals surface area (Å²) < 4.78 is 4.99. The predicted octanol–water partition coefficient (Wildman–Crippen LogP) is 2.14. The molecule has 0 bridgehead atoms. The Hall–Kier alpha value is -1.24. The molecule has 3 fully saturated rings. The summed E-state index contributed by atoms with van der Waals surface area (Å²) in [6.07, 6.45) is 4.72. The minimum atomic E-state index is -1.39. The van der Waals surface area contributed by atoms with Crippen molar-refractivity contribution >= 4 is 11.8 Å². The molecule has 6 nitrogen and oxygen atoms in total. The number of aliphatic hydroxyl groups is 3. The second kappa shape index (κ2) is 6.89. The van der Waals surface area contributed by atoms with Gasteiger partial charge in [0, 0.05) is 18.8 Å². The van der Waals surface area contributed by atoms with Crippen LogP contribution in [-0.4, -0.2) is 51.5 Å². The number of fused-ring (bicyclic) bond motifs is 5. The third kappa shape index (κ3) is 2.94. The Bertz CT molecular complexity index is 746. The molecule has 162 valence electrons. The summed E-state index contributed by atoms with van der Waals surface area (Å²) in [4.78, 5) is 23.1. The first-order valence-corrected chi connectivity index (χ1v) is 11.0. The maximum absolute atomic E-state index is 12.0. The number of rotatable bonds is 3. The number of hydrogen-bond donors (Lipinski definition) is 3. The maximum Gasteiger partial charge on any atom is 0.302 e. The predicted molar refractivity (Wildman–Crippen MR) is 106 cm³/mol. The second-order valence-corrected chi connectivity index (χ2v) is 10.4. The van der Waals surface area contributed by atoms with Gasteiger partial charge in [-0.05, 0) is 67.8 Å². The van der Waals surface area contributed by atoms with Crippen molar-refractivity contribution in [2.45, 2.75) is 83.5 Å². The summed E-state index contributed by atoms with van der Waals surface area (Å²) in [7, 11) is 0. The number of esters is 1. The van der Waals surface area contributed by atoms with Gasteiger partial charge >= 0.3 is 5.97 Å². The average Bonchev–Trinajstić information content (AvgIpc) is 2.91. The van der Waals surface area contributed by atoms with Crippen LogP contribution in [0, 0.1) is 28.6 Å². The summed E-state index contributed by atoms with van der Waals surface area (Å²) in [5.74, 6) is 0.205. The molecule has 0 radical (unpaired) electrons. The van der Waals surface area contributed by atoms with E-state index in [9.17, 15) is 24.9 Å². The first kappa shape index (κ1) is 21.0. The lowest BCUT2D eigenvalue weighted by atomic mass is 9.45. The van der Waals surface area contributed by atoms with Crippen molar-refractivity contribution in [1.82, 2.24) is 0 Å². The third-order valence-corrected chi connectivity index (χ3v) is 9.11. The number of aliphatic hydroxyl groups excluding tert-OH is 2. The lowest BCUT2D eigenvalue weighted by Crippen LogP contribution is -2.63. The van der Waals surface area contributed by atoms with Crippen molar-refractivity contribution in [3.63, 3.8) is 0 Å². The number of allylic oxidation sites excluding steroid dienone is 1. The molecule has 0 heterocycles. The fourth-order valence-electron chi connectivity index (χ4n) is 7.61. The summed E-state index contributed by atoms with van der Waals surface area (Å²) in [6.45, 7) is 5.24. The van der Waals surface area contributed by atoms with Crippen molar-refractivity contribution in [3.05, 3.63) is 11.6 Å². The van der Waals surface area contributed by atoms with Crippen LogP contribution in [0.15, 0.2) is 11.6 Å². The van der Waals surface area contributed by atoms with Crippen LogP contribution in [0.2, 0.25) is 0 Å². The molecule has 3 N–H and O–H groups in total. The molecule has 0 saturated heterocycles. The van der Waals surface area contributed by atoms with Gasteiger partial charge in [0.15, 0.2) is 5.78 Å². The number of hydrogen-bond acceptors (Lipinski definition) is 6. The molecule has 8 atom stereocenters. The van der Waals surface area contributed by atoms with Gasteiger partial charge in [0.1, 0.15) is 12.7 Å². The van der Waals surface area contributed by atoms with E-state index in [4.69, 9.17) is 4.74 Å². The average molecular weight is 407 g/mol. The smallest absolute Gasteiger partial charge is 0.302 e. The molecule has 0 aliphatic heterocycles. The highest BCUT2D eigenvalue weighted by Crippen LogP contribution is 2.68. The van der Waals surface area contributed by atoms with E-state index in [0.717, 1.165) is 25.7 Å². The highest BCUT2D eigenvalue weighted by Gasteiger charge is 2.68. The molecular formula is C23H34O6. The van der Waals surface area contributed by atoms with Crippen LogP contribution < -0.4 is 0 Å². The van der Waals surface area contributed by atoms with E-state index in [1.54, 1.807) is 0 Å². The van der Waals surface area contributed by atoms with Gasteiger partial charge in [0.25, 0.3) is 0 Å². The summed E-state index contributed by atoms with van der Waals surface area (Å²) in [6, 6.07) is 0. The Morgan fingerprint density at radius 2 is 2.00 bits per heavy atom. The number of carbonyl (C=O) groups is 2. The Morgan fingerprint density at radius 3 is 2.69 bits per heavy atom. The lowest BCUT2D eigenvalue weighted by Gasteiger charge is -2.61. The van der Waals surface area contributed by atoms with Gasteiger partial charge in [-0.2, -0.15) is 0 Å². The Labute approximate surface area is 172 Å². The van der Waals surface area contributed by atoms with Gasteiger partial charge in [-0.3, -0.25) is 9.59 Å². The third-order valence-electron chi connectivity index (χ3n) is 9.11. The first-order chi connectivity index (χ1) is 13.5. The fraction of sp³-hybridized carbons (Fsp3) is 0.826. The molecule has 0 aromatic carbocycles. The van der Waals surface area contributed by atoms with Crippen molar-refractivity contribution in [1.29, 1.82) is 0 Å². The molecule has 29 heavy (non-hydrogen) atoms. The normalized spacial score (nSPS) is 47.5. The molecule has 0 amide bonds. The molecule has 4 rings (SSSR count). The number of carbonyl (C=O) groups excluding carboxylic acids is 2. The molecule has 4 aliphatic rings. The van der Waals surface area contributed by atoms with Gasteiger partial charge in [0.05, 0.1) is 11.7 Å². The minimum absolute atomic E-state index is 0.0710. The van der Waals surface area contributed by atoms with Gasteiger partial charge < -0.3 is 20.1 Å². The van der Waals surface area contributed by atoms with E-state index in [1.165, 1.54) is 12.5 Å².